The molecule has 2 atom stereocenters. The average Bonchev–Trinajstić information content (AvgIpc) is 2.13. The molecule has 0 aliphatic rings. The molecule has 0 heterocycles. The van der Waals surface area contributed by atoms with Gasteiger partial charge in [-0.15, -0.1) is 12.4 Å². The highest BCUT2D eigenvalue weighted by Crippen LogP contribution is 2.35. The summed E-state index contributed by atoms with van der Waals surface area (Å²) in [4.78, 5) is 0. The van der Waals surface area contributed by atoms with E-state index in [1.807, 2.05) is 25.1 Å². The van der Waals surface area contributed by atoms with E-state index in [-0.39, 0.29) is 24.6 Å². The molecular weight excluding hydrogens is 309 g/mol. The van der Waals surface area contributed by atoms with E-state index >= 15 is 0 Å². The SMILES string of the molecule is CC(N)C(O[Si](C)(C)C)c1c(Cl)cccc1Cl.Cl. The number of rotatable bonds is 4. The number of nitrogens with two attached hydrogens (primary N) is 1. The summed E-state index contributed by atoms with van der Waals surface area (Å²) in [5, 5.41) is 1.22. The molecule has 0 saturated heterocycles. The molecule has 104 valence electrons. The van der Waals surface area contributed by atoms with E-state index in [4.69, 9.17) is 33.4 Å². The Balaban J connectivity index is 0.00000289. The summed E-state index contributed by atoms with van der Waals surface area (Å²) in [6, 6.07) is 5.29. The normalized spacial score (nSPS) is 14.8. The van der Waals surface area contributed by atoms with Crippen LogP contribution in [0.4, 0.5) is 0 Å². The molecule has 1 rings (SSSR count). The second kappa shape index (κ2) is 7.13. The lowest BCUT2D eigenvalue weighted by Crippen LogP contribution is -2.36. The van der Waals surface area contributed by atoms with Gasteiger partial charge in [-0.3, -0.25) is 0 Å². The first-order valence-electron chi connectivity index (χ1n) is 5.59. The van der Waals surface area contributed by atoms with Crippen LogP contribution >= 0.6 is 35.6 Å². The topological polar surface area (TPSA) is 35.2 Å². The minimum absolute atomic E-state index is 0. The van der Waals surface area contributed by atoms with E-state index in [0.29, 0.717) is 10.0 Å². The van der Waals surface area contributed by atoms with Gasteiger partial charge in [-0.2, -0.15) is 0 Å². The van der Waals surface area contributed by atoms with Crippen LogP contribution in [0.15, 0.2) is 18.2 Å². The van der Waals surface area contributed by atoms with Gasteiger partial charge in [0.2, 0.25) is 0 Å². The molecule has 6 heteroatoms. The van der Waals surface area contributed by atoms with Crippen LogP contribution in [0.1, 0.15) is 18.6 Å². The van der Waals surface area contributed by atoms with Gasteiger partial charge in [0.1, 0.15) is 0 Å². The first kappa shape index (κ1) is 18.2. The predicted octanol–water partition coefficient (Wildman–Crippen LogP) is 4.66. The van der Waals surface area contributed by atoms with Crippen LogP contribution < -0.4 is 5.73 Å². The Morgan fingerprint density at radius 3 is 1.94 bits per heavy atom. The summed E-state index contributed by atoms with van der Waals surface area (Å²) in [5.41, 5.74) is 6.79. The molecule has 0 bridgehead atoms. The summed E-state index contributed by atoms with van der Waals surface area (Å²) in [5.74, 6) is 0. The van der Waals surface area contributed by atoms with Crippen LogP contribution in [-0.4, -0.2) is 14.4 Å². The molecule has 0 spiro atoms. The fraction of sp³-hybridized carbons (Fsp3) is 0.500. The van der Waals surface area contributed by atoms with E-state index in [9.17, 15) is 0 Å². The van der Waals surface area contributed by atoms with Crippen molar-refractivity contribution in [3.05, 3.63) is 33.8 Å². The van der Waals surface area contributed by atoms with E-state index in [0.717, 1.165) is 5.56 Å². The monoisotopic (exact) mass is 327 g/mol. The van der Waals surface area contributed by atoms with Crippen molar-refractivity contribution in [3.63, 3.8) is 0 Å². The van der Waals surface area contributed by atoms with Gasteiger partial charge >= 0.3 is 0 Å². The molecule has 0 radical (unpaired) electrons. The van der Waals surface area contributed by atoms with Crippen LogP contribution in [0, 0.1) is 0 Å². The molecule has 0 fully saturated rings. The van der Waals surface area contributed by atoms with Crippen LogP contribution in [0.25, 0.3) is 0 Å². The third-order valence-corrected chi connectivity index (χ3v) is 3.86. The molecule has 0 aliphatic heterocycles. The first-order valence-corrected chi connectivity index (χ1v) is 9.76. The van der Waals surface area contributed by atoms with Gasteiger partial charge in [-0.05, 0) is 38.7 Å². The Morgan fingerprint density at radius 2 is 1.61 bits per heavy atom. The maximum absolute atomic E-state index is 6.19. The van der Waals surface area contributed by atoms with Crippen molar-refractivity contribution in [2.75, 3.05) is 0 Å². The van der Waals surface area contributed by atoms with Gasteiger partial charge in [-0.1, -0.05) is 29.3 Å². The van der Waals surface area contributed by atoms with Gasteiger partial charge in [0.05, 0.1) is 6.10 Å². The zero-order chi connectivity index (χ0) is 13.2. The lowest BCUT2D eigenvalue weighted by Gasteiger charge is -2.30. The molecule has 2 N–H and O–H groups in total. The van der Waals surface area contributed by atoms with E-state index in [2.05, 4.69) is 19.6 Å². The first-order chi connectivity index (χ1) is 7.72. The molecule has 0 aliphatic carbocycles. The van der Waals surface area contributed by atoms with Crippen LogP contribution in [-0.2, 0) is 4.43 Å². The highest BCUT2D eigenvalue weighted by Gasteiger charge is 2.28. The molecule has 1 aromatic rings. The fourth-order valence-corrected chi connectivity index (χ4v) is 3.30. The quantitative estimate of drug-likeness (QED) is 0.816. The average molecular weight is 329 g/mol. The maximum atomic E-state index is 6.19. The zero-order valence-electron chi connectivity index (χ0n) is 11.0. The lowest BCUT2D eigenvalue weighted by atomic mass is 10.0. The summed E-state index contributed by atoms with van der Waals surface area (Å²) in [6.45, 7) is 8.26. The Bertz CT molecular complexity index is 373. The Morgan fingerprint density at radius 1 is 1.17 bits per heavy atom. The van der Waals surface area contributed by atoms with Crippen LogP contribution in [0.5, 0.6) is 0 Å². The highest BCUT2D eigenvalue weighted by molar-refractivity contribution is 6.69. The molecule has 2 nitrogen and oxygen atoms in total. The summed E-state index contributed by atoms with van der Waals surface area (Å²) in [7, 11) is -1.71. The van der Waals surface area contributed by atoms with Gasteiger partial charge in [0, 0.05) is 21.7 Å². The van der Waals surface area contributed by atoms with Gasteiger partial charge < -0.3 is 10.2 Å². The van der Waals surface area contributed by atoms with Crippen molar-refractivity contribution >= 4 is 43.9 Å². The summed E-state index contributed by atoms with van der Waals surface area (Å²) < 4.78 is 6.09. The largest absolute Gasteiger partial charge is 0.409 e. The van der Waals surface area contributed by atoms with Crippen molar-refractivity contribution in [1.29, 1.82) is 0 Å². The van der Waals surface area contributed by atoms with E-state index < -0.39 is 8.32 Å². The van der Waals surface area contributed by atoms with E-state index in [1.165, 1.54) is 0 Å². The number of hydrogen-bond donors (Lipinski definition) is 1. The lowest BCUT2D eigenvalue weighted by molar-refractivity contribution is 0.173. The van der Waals surface area contributed by atoms with Gasteiger partial charge in [0.15, 0.2) is 8.32 Å². The van der Waals surface area contributed by atoms with E-state index in [1.54, 1.807) is 0 Å². The molecule has 0 amide bonds. The smallest absolute Gasteiger partial charge is 0.184 e. The predicted molar refractivity (Wildman–Crippen MR) is 84.5 cm³/mol. The van der Waals surface area contributed by atoms with Gasteiger partial charge in [-0.25, -0.2) is 0 Å². The third-order valence-electron chi connectivity index (χ3n) is 2.24. The van der Waals surface area contributed by atoms with Crippen molar-refractivity contribution in [2.45, 2.75) is 38.7 Å². The molecule has 2 unspecified atom stereocenters. The minimum Gasteiger partial charge on any atom is -0.409 e. The van der Waals surface area contributed by atoms with Crippen molar-refractivity contribution in [3.8, 4) is 0 Å². The standard InChI is InChI=1S/C12H19Cl2NOSi.ClH/c1-8(15)12(16-17(2,3)4)11-9(13)6-5-7-10(11)14;/h5-8,12H,15H2,1-4H3;1H. The molecule has 0 aromatic heterocycles. The Hall–Kier alpha value is 0.227. The fourth-order valence-electron chi connectivity index (χ4n) is 1.59. The Labute approximate surface area is 126 Å². The minimum atomic E-state index is -1.71. The summed E-state index contributed by atoms with van der Waals surface area (Å²) >= 11 is 12.4. The van der Waals surface area contributed by atoms with Crippen LogP contribution in [0.2, 0.25) is 29.7 Å². The third kappa shape index (κ3) is 5.08. The maximum Gasteiger partial charge on any atom is 0.184 e. The molecule has 0 saturated carbocycles. The zero-order valence-corrected chi connectivity index (χ0v) is 14.4. The molecular formula is C12H20Cl3NOSi. The van der Waals surface area contributed by atoms with Crippen molar-refractivity contribution < 1.29 is 4.43 Å². The molecule has 1 aromatic carbocycles. The van der Waals surface area contributed by atoms with Crippen molar-refractivity contribution in [2.24, 2.45) is 5.73 Å². The number of hydrogen-bond acceptors (Lipinski definition) is 2. The van der Waals surface area contributed by atoms with Crippen molar-refractivity contribution in [1.82, 2.24) is 0 Å². The number of halogens is 3. The summed E-state index contributed by atoms with van der Waals surface area (Å²) in [6.07, 6.45) is -0.247. The number of benzene rings is 1. The second-order valence-electron chi connectivity index (χ2n) is 5.15. The second-order valence-corrected chi connectivity index (χ2v) is 10.4. The Kier molecular flexibility index (Phi) is 7.22. The van der Waals surface area contributed by atoms with Gasteiger partial charge in [0.25, 0.3) is 0 Å². The van der Waals surface area contributed by atoms with Crippen LogP contribution in [0.3, 0.4) is 0 Å². The highest BCUT2D eigenvalue weighted by atomic mass is 35.5. The molecule has 18 heavy (non-hydrogen) atoms.